The van der Waals surface area contributed by atoms with Crippen LogP contribution in [0.3, 0.4) is 0 Å². The lowest BCUT2D eigenvalue weighted by Crippen LogP contribution is -2.16. The minimum absolute atomic E-state index is 0.0682. The highest BCUT2D eigenvalue weighted by molar-refractivity contribution is 5.24. The lowest BCUT2D eigenvalue weighted by atomic mass is 10.1. The lowest BCUT2D eigenvalue weighted by Gasteiger charge is -2.16. The summed E-state index contributed by atoms with van der Waals surface area (Å²) in [5.74, 6) is 0.927. The molecule has 2 rings (SSSR count). The largest absolute Gasteiger partial charge is 0.372 e. The van der Waals surface area contributed by atoms with Crippen LogP contribution in [0.4, 0.5) is 0 Å². The molecule has 0 amide bonds. The summed E-state index contributed by atoms with van der Waals surface area (Å²) in [5.41, 5.74) is 8.23. The molecule has 1 atom stereocenters. The Bertz CT molecular complexity index is 333. The Labute approximate surface area is 97.8 Å². The fourth-order valence-electron chi connectivity index (χ4n) is 1.95. The molecule has 0 saturated heterocycles. The van der Waals surface area contributed by atoms with Crippen molar-refractivity contribution in [2.75, 3.05) is 13.2 Å². The fraction of sp³-hybridized carbons (Fsp3) is 0.571. The highest BCUT2D eigenvalue weighted by Crippen LogP contribution is 2.32. The van der Waals surface area contributed by atoms with Crippen LogP contribution in [0.15, 0.2) is 24.3 Å². The summed E-state index contributed by atoms with van der Waals surface area (Å²) in [6, 6.07) is 8.43. The van der Waals surface area contributed by atoms with Gasteiger partial charge >= 0.3 is 0 Å². The normalized spacial score (nSPS) is 17.4. The van der Waals surface area contributed by atoms with E-state index in [1.807, 2.05) is 0 Å². The van der Waals surface area contributed by atoms with Gasteiger partial charge in [0, 0.05) is 13.2 Å². The van der Waals surface area contributed by atoms with Crippen molar-refractivity contribution in [3.05, 3.63) is 35.4 Å². The predicted octanol–water partition coefficient (Wildman–Crippen LogP) is 2.81. The van der Waals surface area contributed by atoms with Crippen LogP contribution in [0.25, 0.3) is 0 Å². The molecule has 2 nitrogen and oxygen atoms in total. The number of nitrogens with two attached hydrogens (primary N) is 1. The average Bonchev–Trinajstić information content (AvgIpc) is 3.08. The maximum atomic E-state index is 5.86. The Morgan fingerprint density at radius 1 is 1.44 bits per heavy atom. The minimum Gasteiger partial charge on any atom is -0.372 e. The van der Waals surface area contributed by atoms with Crippen molar-refractivity contribution in [1.82, 2.24) is 0 Å². The van der Waals surface area contributed by atoms with Crippen molar-refractivity contribution in [3.8, 4) is 0 Å². The van der Waals surface area contributed by atoms with Crippen molar-refractivity contribution in [2.24, 2.45) is 11.7 Å². The van der Waals surface area contributed by atoms with Gasteiger partial charge in [0.15, 0.2) is 0 Å². The molecule has 1 aromatic rings. The molecule has 0 spiro atoms. The summed E-state index contributed by atoms with van der Waals surface area (Å²) < 4.78 is 5.86. The highest BCUT2D eigenvalue weighted by Gasteiger charge is 2.21. The molecule has 0 aliphatic heterocycles. The summed E-state index contributed by atoms with van der Waals surface area (Å²) in [4.78, 5) is 0. The summed E-state index contributed by atoms with van der Waals surface area (Å²) >= 11 is 0. The van der Waals surface area contributed by atoms with Gasteiger partial charge in [0.05, 0.1) is 6.10 Å². The summed E-state index contributed by atoms with van der Waals surface area (Å²) in [6.07, 6.45) is 4.04. The van der Waals surface area contributed by atoms with Crippen molar-refractivity contribution in [2.45, 2.75) is 32.3 Å². The van der Waals surface area contributed by atoms with Gasteiger partial charge in [0.2, 0.25) is 0 Å². The Morgan fingerprint density at radius 3 is 2.88 bits per heavy atom. The molecule has 2 N–H and O–H groups in total. The maximum absolute atomic E-state index is 5.86. The highest BCUT2D eigenvalue weighted by atomic mass is 16.5. The number of benzene rings is 1. The van der Waals surface area contributed by atoms with Gasteiger partial charge in [-0.3, -0.25) is 0 Å². The van der Waals surface area contributed by atoms with Crippen molar-refractivity contribution >= 4 is 0 Å². The van der Waals surface area contributed by atoms with E-state index in [2.05, 4.69) is 31.2 Å². The van der Waals surface area contributed by atoms with Gasteiger partial charge in [0.1, 0.15) is 0 Å². The van der Waals surface area contributed by atoms with Gasteiger partial charge in [-0.05, 0) is 24.8 Å². The van der Waals surface area contributed by atoms with E-state index in [9.17, 15) is 0 Å². The zero-order valence-electron chi connectivity index (χ0n) is 9.99. The van der Waals surface area contributed by atoms with E-state index < -0.39 is 0 Å². The molecule has 0 aromatic heterocycles. The Kier molecular flexibility index (Phi) is 3.97. The first-order valence-electron chi connectivity index (χ1n) is 6.18. The number of hydrogen-bond acceptors (Lipinski definition) is 2. The SMILES string of the molecule is Cc1cccc(C(CN)OCCC2CC2)c1. The molecule has 1 fully saturated rings. The van der Waals surface area contributed by atoms with Gasteiger partial charge < -0.3 is 10.5 Å². The second kappa shape index (κ2) is 5.46. The van der Waals surface area contributed by atoms with Crippen LogP contribution < -0.4 is 5.73 Å². The van der Waals surface area contributed by atoms with E-state index in [-0.39, 0.29) is 6.10 Å². The molecular formula is C14H21NO. The third kappa shape index (κ3) is 3.32. The lowest BCUT2D eigenvalue weighted by molar-refractivity contribution is 0.0545. The second-order valence-electron chi connectivity index (χ2n) is 4.74. The quantitative estimate of drug-likeness (QED) is 0.798. The van der Waals surface area contributed by atoms with E-state index in [1.54, 1.807) is 0 Å². The molecular weight excluding hydrogens is 198 g/mol. The maximum Gasteiger partial charge on any atom is 0.0947 e. The molecule has 16 heavy (non-hydrogen) atoms. The second-order valence-corrected chi connectivity index (χ2v) is 4.74. The van der Waals surface area contributed by atoms with E-state index in [4.69, 9.17) is 10.5 Å². The van der Waals surface area contributed by atoms with Crippen molar-refractivity contribution in [1.29, 1.82) is 0 Å². The average molecular weight is 219 g/mol. The predicted molar refractivity (Wildman–Crippen MR) is 66.3 cm³/mol. The monoisotopic (exact) mass is 219 g/mol. The fourth-order valence-corrected chi connectivity index (χ4v) is 1.95. The topological polar surface area (TPSA) is 35.2 Å². The first-order valence-corrected chi connectivity index (χ1v) is 6.18. The first-order chi connectivity index (χ1) is 7.79. The van der Waals surface area contributed by atoms with Crippen molar-refractivity contribution < 1.29 is 4.74 Å². The summed E-state index contributed by atoms with van der Waals surface area (Å²) in [7, 11) is 0. The zero-order valence-corrected chi connectivity index (χ0v) is 9.99. The molecule has 1 aliphatic rings. The third-order valence-electron chi connectivity index (χ3n) is 3.17. The molecule has 1 aromatic carbocycles. The summed E-state index contributed by atoms with van der Waals surface area (Å²) in [6.45, 7) is 3.51. The van der Waals surface area contributed by atoms with Crippen LogP contribution in [-0.2, 0) is 4.74 Å². The van der Waals surface area contributed by atoms with Gasteiger partial charge in [0.25, 0.3) is 0 Å². The molecule has 1 unspecified atom stereocenters. The standard InChI is InChI=1S/C14H21NO/c1-11-3-2-4-13(9-11)14(10-15)16-8-7-12-5-6-12/h2-4,9,12,14H,5-8,10,15H2,1H3. The first kappa shape index (κ1) is 11.6. The summed E-state index contributed by atoms with van der Waals surface area (Å²) in [5, 5.41) is 0. The molecule has 0 bridgehead atoms. The van der Waals surface area contributed by atoms with Crippen LogP contribution in [-0.4, -0.2) is 13.2 Å². The Morgan fingerprint density at radius 2 is 2.25 bits per heavy atom. The van der Waals surface area contributed by atoms with Crippen LogP contribution in [0.5, 0.6) is 0 Å². The molecule has 0 heterocycles. The van der Waals surface area contributed by atoms with Gasteiger partial charge in [-0.15, -0.1) is 0 Å². The Balaban J connectivity index is 1.87. The van der Waals surface area contributed by atoms with Gasteiger partial charge in [-0.25, -0.2) is 0 Å². The van der Waals surface area contributed by atoms with Gasteiger partial charge in [-0.2, -0.15) is 0 Å². The molecule has 2 heteroatoms. The minimum atomic E-state index is 0.0682. The number of ether oxygens (including phenoxy) is 1. The molecule has 88 valence electrons. The Hall–Kier alpha value is -0.860. The van der Waals surface area contributed by atoms with E-state index in [0.29, 0.717) is 6.54 Å². The smallest absolute Gasteiger partial charge is 0.0947 e. The van der Waals surface area contributed by atoms with Crippen LogP contribution in [0, 0.1) is 12.8 Å². The van der Waals surface area contributed by atoms with Crippen LogP contribution in [0.2, 0.25) is 0 Å². The molecule has 1 saturated carbocycles. The zero-order chi connectivity index (χ0) is 11.4. The van der Waals surface area contributed by atoms with E-state index in [1.165, 1.54) is 30.4 Å². The van der Waals surface area contributed by atoms with Crippen molar-refractivity contribution in [3.63, 3.8) is 0 Å². The molecule has 1 aliphatic carbocycles. The van der Waals surface area contributed by atoms with Crippen LogP contribution >= 0.6 is 0 Å². The number of hydrogen-bond donors (Lipinski definition) is 1. The number of rotatable bonds is 6. The van der Waals surface area contributed by atoms with E-state index >= 15 is 0 Å². The van der Waals surface area contributed by atoms with Crippen LogP contribution in [0.1, 0.15) is 36.5 Å². The number of aryl methyl sites for hydroxylation is 1. The van der Waals surface area contributed by atoms with E-state index in [0.717, 1.165) is 12.5 Å². The third-order valence-corrected chi connectivity index (χ3v) is 3.17. The van der Waals surface area contributed by atoms with Gasteiger partial charge in [-0.1, -0.05) is 42.7 Å². The molecule has 0 radical (unpaired) electrons.